The zero-order valence-corrected chi connectivity index (χ0v) is 21.1. The van der Waals surface area contributed by atoms with Gasteiger partial charge in [-0.05, 0) is 86.5 Å². The molecule has 5 aliphatic carbocycles. The van der Waals surface area contributed by atoms with Gasteiger partial charge in [-0.25, -0.2) is 0 Å². The second-order valence-electron chi connectivity index (χ2n) is 11.8. The van der Waals surface area contributed by atoms with Crippen molar-refractivity contribution in [2.75, 3.05) is 0 Å². The van der Waals surface area contributed by atoms with Gasteiger partial charge in [0.1, 0.15) is 6.10 Å². The van der Waals surface area contributed by atoms with Gasteiger partial charge in [-0.2, -0.15) is 0 Å². The number of hydrogen-bond donors (Lipinski definition) is 0. The fourth-order valence-corrected chi connectivity index (χ4v) is 8.54. The number of fused-ring (bicyclic) bond motifs is 5. The van der Waals surface area contributed by atoms with Gasteiger partial charge in [0.25, 0.3) is 0 Å². The zero-order chi connectivity index (χ0) is 20.9. The summed E-state index contributed by atoms with van der Waals surface area (Å²) in [6, 6.07) is 0. The third kappa shape index (κ3) is 4.13. The van der Waals surface area contributed by atoms with Gasteiger partial charge >= 0.3 is 5.97 Å². The summed E-state index contributed by atoms with van der Waals surface area (Å²) in [5, 5.41) is 0. The largest absolute Gasteiger partial charge is 0.462 e. The summed E-state index contributed by atoms with van der Waals surface area (Å²) >= 11 is 0. The zero-order valence-electron chi connectivity index (χ0n) is 19.4. The Bertz CT molecular complexity index is 739. The van der Waals surface area contributed by atoms with E-state index in [-0.39, 0.29) is 42.4 Å². The van der Waals surface area contributed by atoms with Crippen LogP contribution in [0.5, 0.6) is 0 Å². The van der Waals surface area contributed by atoms with Gasteiger partial charge in [-0.15, -0.1) is 0 Å². The molecule has 0 aromatic heterocycles. The molecule has 0 N–H and O–H groups in total. The molecule has 0 aromatic rings. The summed E-state index contributed by atoms with van der Waals surface area (Å²) < 4.78 is 6.17. The van der Waals surface area contributed by atoms with E-state index in [0.29, 0.717) is 24.0 Å². The molecule has 0 heterocycles. The van der Waals surface area contributed by atoms with Crippen LogP contribution in [0.2, 0.25) is 0 Å². The molecule has 3 nitrogen and oxygen atoms in total. The molecular formula is C27H40O3Rh. The molecule has 5 aliphatic rings. The van der Waals surface area contributed by atoms with E-state index in [1.54, 1.807) is 0 Å². The molecule has 0 saturated heterocycles. The first kappa shape index (κ1) is 23.7. The number of hydrogen-bond acceptors (Lipinski definition) is 3. The van der Waals surface area contributed by atoms with Crippen LogP contribution in [0.15, 0.2) is 11.6 Å². The summed E-state index contributed by atoms with van der Waals surface area (Å²) in [6.45, 7) is 4.87. The normalized spacial score (nSPS) is 42.1. The van der Waals surface area contributed by atoms with Gasteiger partial charge in [0, 0.05) is 37.7 Å². The molecule has 31 heavy (non-hydrogen) atoms. The Morgan fingerprint density at radius 1 is 1.00 bits per heavy atom. The monoisotopic (exact) mass is 515 g/mol. The molecule has 175 valence electrons. The molecule has 0 aliphatic heterocycles. The summed E-state index contributed by atoms with van der Waals surface area (Å²) in [5.74, 6) is 3.28. The minimum absolute atomic E-state index is 0. The Labute approximate surface area is 201 Å². The van der Waals surface area contributed by atoms with Crippen molar-refractivity contribution in [2.45, 2.75) is 110 Å². The van der Waals surface area contributed by atoms with Gasteiger partial charge in [0.2, 0.25) is 0 Å². The van der Waals surface area contributed by atoms with Crippen LogP contribution in [0.25, 0.3) is 0 Å². The van der Waals surface area contributed by atoms with Crippen LogP contribution in [0.3, 0.4) is 0 Å². The second kappa shape index (κ2) is 9.04. The number of carbonyl (C=O) groups is 2. The first-order valence-corrected chi connectivity index (χ1v) is 12.8. The standard InChI is InChI=1S/C27H40O3.Rh/c1-26-15-13-20(28)17-19(26)8-9-21-22-10-11-24(27(22,2)16-14-23(21)26)30-25(29)12-7-18-5-3-4-6-18;/h17-18,21-24H,3-16H2,1-2H3;/t21-,22-,23-,24-,26-,27-;/m0./s1. The van der Waals surface area contributed by atoms with Crippen LogP contribution in [0.1, 0.15) is 104 Å². The smallest absolute Gasteiger partial charge is 0.306 e. The van der Waals surface area contributed by atoms with Crippen molar-refractivity contribution in [3.63, 3.8) is 0 Å². The third-order valence-corrected chi connectivity index (χ3v) is 10.4. The summed E-state index contributed by atoms with van der Waals surface area (Å²) in [4.78, 5) is 24.7. The average molecular weight is 516 g/mol. The van der Waals surface area contributed by atoms with Crippen molar-refractivity contribution < 1.29 is 33.8 Å². The molecule has 0 aromatic carbocycles. The maximum absolute atomic E-state index is 12.7. The van der Waals surface area contributed by atoms with Crippen LogP contribution in [-0.4, -0.2) is 17.9 Å². The number of ether oxygens (including phenoxy) is 1. The van der Waals surface area contributed by atoms with E-state index in [4.69, 9.17) is 4.74 Å². The average Bonchev–Trinajstić information content (AvgIpc) is 3.35. The summed E-state index contributed by atoms with van der Waals surface area (Å²) in [7, 11) is 0. The first-order valence-electron chi connectivity index (χ1n) is 12.8. The van der Waals surface area contributed by atoms with Crippen LogP contribution >= 0.6 is 0 Å². The van der Waals surface area contributed by atoms with Crippen LogP contribution in [0.4, 0.5) is 0 Å². The van der Waals surface area contributed by atoms with Crippen molar-refractivity contribution >= 4 is 11.8 Å². The van der Waals surface area contributed by atoms with Crippen LogP contribution in [0, 0.1) is 34.5 Å². The summed E-state index contributed by atoms with van der Waals surface area (Å²) in [6.07, 6.45) is 17.8. The minimum atomic E-state index is 0. The van der Waals surface area contributed by atoms with Gasteiger partial charge in [0.05, 0.1) is 0 Å². The Morgan fingerprint density at radius 2 is 1.77 bits per heavy atom. The molecule has 0 bridgehead atoms. The molecule has 6 atom stereocenters. The molecular weight excluding hydrogens is 475 g/mol. The Kier molecular flexibility index (Phi) is 6.90. The molecule has 5 rings (SSSR count). The maximum Gasteiger partial charge on any atom is 0.306 e. The fraction of sp³-hybridized carbons (Fsp3) is 0.852. The quantitative estimate of drug-likeness (QED) is 0.322. The molecule has 0 amide bonds. The van der Waals surface area contributed by atoms with E-state index in [1.807, 2.05) is 6.08 Å². The molecule has 1 radical (unpaired) electrons. The van der Waals surface area contributed by atoms with Gasteiger partial charge in [0.15, 0.2) is 5.78 Å². The van der Waals surface area contributed by atoms with Gasteiger partial charge in [-0.1, -0.05) is 45.1 Å². The maximum atomic E-state index is 12.7. The van der Waals surface area contributed by atoms with E-state index in [2.05, 4.69) is 13.8 Å². The Morgan fingerprint density at radius 3 is 2.55 bits per heavy atom. The van der Waals surface area contributed by atoms with E-state index >= 15 is 0 Å². The minimum Gasteiger partial charge on any atom is -0.462 e. The van der Waals surface area contributed by atoms with E-state index in [0.717, 1.165) is 43.9 Å². The van der Waals surface area contributed by atoms with Gasteiger partial charge < -0.3 is 4.74 Å². The van der Waals surface area contributed by atoms with Crippen molar-refractivity contribution in [3.05, 3.63) is 11.6 Å². The summed E-state index contributed by atoms with van der Waals surface area (Å²) in [5.41, 5.74) is 1.83. The Balaban J connectivity index is 0.00000231. The molecule has 4 saturated carbocycles. The molecule has 0 spiro atoms. The first-order chi connectivity index (χ1) is 14.4. The number of rotatable bonds is 4. The molecule has 4 fully saturated rings. The molecule has 0 unspecified atom stereocenters. The van der Waals surface area contributed by atoms with E-state index in [9.17, 15) is 9.59 Å². The van der Waals surface area contributed by atoms with E-state index in [1.165, 1.54) is 56.9 Å². The van der Waals surface area contributed by atoms with Crippen LogP contribution < -0.4 is 0 Å². The van der Waals surface area contributed by atoms with Crippen molar-refractivity contribution in [3.8, 4) is 0 Å². The number of allylic oxidation sites excluding steroid dienone is 1. The fourth-order valence-electron chi connectivity index (χ4n) is 8.54. The van der Waals surface area contributed by atoms with Crippen molar-refractivity contribution in [1.82, 2.24) is 0 Å². The third-order valence-electron chi connectivity index (χ3n) is 10.4. The SMILES string of the molecule is C[C@]12CC[C@H]3[C@@H](CCC4=CC(=O)CC[C@@]43C)[C@@H]1CC[C@@H]2OC(=O)CCC1CCCC1.[Rh]. The van der Waals surface area contributed by atoms with E-state index < -0.39 is 0 Å². The second-order valence-corrected chi connectivity index (χ2v) is 11.8. The Hall–Kier alpha value is -0.497. The number of esters is 1. The van der Waals surface area contributed by atoms with Crippen molar-refractivity contribution in [1.29, 1.82) is 0 Å². The predicted octanol–water partition coefficient (Wildman–Crippen LogP) is 6.40. The van der Waals surface area contributed by atoms with Crippen LogP contribution in [-0.2, 0) is 33.8 Å². The van der Waals surface area contributed by atoms with Crippen molar-refractivity contribution in [2.24, 2.45) is 34.5 Å². The topological polar surface area (TPSA) is 43.4 Å². The predicted molar refractivity (Wildman–Crippen MR) is 118 cm³/mol. The number of carbonyl (C=O) groups excluding carboxylic acids is 2. The number of ketones is 1. The molecule has 4 heteroatoms. The van der Waals surface area contributed by atoms with Gasteiger partial charge in [-0.3, -0.25) is 9.59 Å².